The van der Waals surface area contributed by atoms with E-state index in [1.807, 2.05) is 0 Å². The van der Waals surface area contributed by atoms with Crippen LogP contribution < -0.4 is 11.1 Å². The number of nitrogens with one attached hydrogen (secondary N) is 1. The predicted octanol–water partition coefficient (Wildman–Crippen LogP) is 1.68. The number of hydrogen-bond donors (Lipinski definition) is 2. The molecule has 0 atom stereocenters. The SMILES string of the molecule is CCOC(=O)CNc1ccc(CN)cc1F.Cl. The molecule has 0 aliphatic heterocycles. The van der Waals surface area contributed by atoms with E-state index >= 15 is 0 Å². The molecule has 1 aromatic rings. The maximum atomic E-state index is 13.4. The number of hydrogen-bond acceptors (Lipinski definition) is 4. The Morgan fingerprint density at radius 3 is 2.76 bits per heavy atom. The number of carbonyl (C=O) groups excluding carboxylic acids is 1. The van der Waals surface area contributed by atoms with Crippen molar-refractivity contribution in [2.45, 2.75) is 13.5 Å². The molecule has 0 bridgehead atoms. The topological polar surface area (TPSA) is 64.3 Å². The third-order valence-electron chi connectivity index (χ3n) is 2.00. The van der Waals surface area contributed by atoms with Crippen LogP contribution in [0.3, 0.4) is 0 Å². The van der Waals surface area contributed by atoms with Crippen molar-refractivity contribution in [2.75, 3.05) is 18.5 Å². The molecule has 0 heterocycles. The van der Waals surface area contributed by atoms with E-state index in [0.29, 0.717) is 12.2 Å². The predicted molar refractivity (Wildman–Crippen MR) is 66.7 cm³/mol. The highest BCUT2D eigenvalue weighted by Crippen LogP contribution is 2.15. The molecule has 1 aromatic carbocycles. The number of anilines is 1. The summed E-state index contributed by atoms with van der Waals surface area (Å²) in [6.07, 6.45) is 0. The van der Waals surface area contributed by atoms with Crippen molar-refractivity contribution in [2.24, 2.45) is 5.73 Å². The molecular weight excluding hydrogens is 247 g/mol. The molecule has 17 heavy (non-hydrogen) atoms. The monoisotopic (exact) mass is 262 g/mol. The maximum Gasteiger partial charge on any atom is 0.325 e. The molecule has 0 saturated heterocycles. The fourth-order valence-corrected chi connectivity index (χ4v) is 1.21. The summed E-state index contributed by atoms with van der Waals surface area (Å²) in [5.41, 5.74) is 6.35. The molecule has 4 nitrogen and oxygen atoms in total. The summed E-state index contributed by atoms with van der Waals surface area (Å²) in [4.78, 5) is 11.0. The minimum absolute atomic E-state index is 0. The molecule has 0 spiro atoms. The van der Waals surface area contributed by atoms with Gasteiger partial charge in [0.05, 0.1) is 12.3 Å². The Morgan fingerprint density at radius 1 is 1.53 bits per heavy atom. The van der Waals surface area contributed by atoms with Crippen LogP contribution >= 0.6 is 12.4 Å². The molecule has 0 unspecified atom stereocenters. The number of carbonyl (C=O) groups is 1. The van der Waals surface area contributed by atoms with Gasteiger partial charge >= 0.3 is 5.97 Å². The molecule has 96 valence electrons. The average molecular weight is 263 g/mol. The minimum Gasteiger partial charge on any atom is -0.465 e. The highest BCUT2D eigenvalue weighted by atomic mass is 35.5. The Bertz CT molecular complexity index is 374. The van der Waals surface area contributed by atoms with Gasteiger partial charge in [-0.1, -0.05) is 6.07 Å². The van der Waals surface area contributed by atoms with E-state index in [9.17, 15) is 9.18 Å². The van der Waals surface area contributed by atoms with E-state index in [2.05, 4.69) is 5.32 Å². The Balaban J connectivity index is 0.00000256. The van der Waals surface area contributed by atoms with Crippen LogP contribution in [0.15, 0.2) is 18.2 Å². The van der Waals surface area contributed by atoms with Crippen molar-refractivity contribution < 1.29 is 13.9 Å². The zero-order chi connectivity index (χ0) is 12.0. The smallest absolute Gasteiger partial charge is 0.325 e. The van der Waals surface area contributed by atoms with Gasteiger partial charge in [0, 0.05) is 6.54 Å². The van der Waals surface area contributed by atoms with Crippen molar-refractivity contribution >= 4 is 24.1 Å². The molecule has 0 radical (unpaired) electrons. The summed E-state index contributed by atoms with van der Waals surface area (Å²) in [7, 11) is 0. The number of halogens is 2. The molecule has 1 rings (SSSR count). The Hall–Kier alpha value is -1.33. The van der Waals surface area contributed by atoms with E-state index in [1.54, 1.807) is 19.1 Å². The number of nitrogens with two attached hydrogens (primary N) is 1. The largest absolute Gasteiger partial charge is 0.465 e. The highest BCUT2D eigenvalue weighted by molar-refractivity contribution is 5.85. The molecule has 0 aromatic heterocycles. The van der Waals surface area contributed by atoms with Gasteiger partial charge in [-0.2, -0.15) is 0 Å². The van der Waals surface area contributed by atoms with Gasteiger partial charge in [-0.25, -0.2) is 4.39 Å². The van der Waals surface area contributed by atoms with Crippen molar-refractivity contribution in [1.29, 1.82) is 0 Å². The molecular formula is C11H16ClFN2O2. The van der Waals surface area contributed by atoms with Crippen LogP contribution in [0.2, 0.25) is 0 Å². The Morgan fingerprint density at radius 2 is 2.24 bits per heavy atom. The third-order valence-corrected chi connectivity index (χ3v) is 2.00. The van der Waals surface area contributed by atoms with Gasteiger partial charge < -0.3 is 15.8 Å². The number of esters is 1. The molecule has 0 aliphatic rings. The zero-order valence-corrected chi connectivity index (χ0v) is 10.3. The molecule has 0 aliphatic carbocycles. The van der Waals surface area contributed by atoms with E-state index in [1.165, 1.54) is 6.07 Å². The fraction of sp³-hybridized carbons (Fsp3) is 0.364. The van der Waals surface area contributed by atoms with Crippen LogP contribution in [0.1, 0.15) is 12.5 Å². The lowest BCUT2D eigenvalue weighted by atomic mass is 10.2. The molecule has 6 heteroatoms. The minimum atomic E-state index is -0.424. The fourth-order valence-electron chi connectivity index (χ4n) is 1.21. The number of ether oxygens (including phenoxy) is 1. The first-order chi connectivity index (χ1) is 7.67. The first-order valence-corrected chi connectivity index (χ1v) is 5.05. The van der Waals surface area contributed by atoms with Crippen LogP contribution in [0.4, 0.5) is 10.1 Å². The molecule has 0 saturated carbocycles. The molecule has 0 amide bonds. The number of benzene rings is 1. The second-order valence-corrected chi connectivity index (χ2v) is 3.18. The van der Waals surface area contributed by atoms with Crippen molar-refractivity contribution in [3.63, 3.8) is 0 Å². The quantitative estimate of drug-likeness (QED) is 0.793. The van der Waals surface area contributed by atoms with Crippen molar-refractivity contribution in [3.8, 4) is 0 Å². The molecule has 0 fully saturated rings. The summed E-state index contributed by atoms with van der Waals surface area (Å²) >= 11 is 0. The van der Waals surface area contributed by atoms with Gasteiger partial charge in [0.2, 0.25) is 0 Å². The van der Waals surface area contributed by atoms with Crippen LogP contribution in [-0.4, -0.2) is 19.1 Å². The summed E-state index contributed by atoms with van der Waals surface area (Å²) in [5, 5.41) is 2.66. The second kappa shape index (κ2) is 7.86. The van der Waals surface area contributed by atoms with Crippen LogP contribution in [0.25, 0.3) is 0 Å². The Labute approximate surface area is 106 Å². The van der Waals surface area contributed by atoms with Crippen molar-refractivity contribution in [3.05, 3.63) is 29.6 Å². The van der Waals surface area contributed by atoms with Crippen LogP contribution in [-0.2, 0) is 16.1 Å². The van der Waals surface area contributed by atoms with E-state index < -0.39 is 11.8 Å². The second-order valence-electron chi connectivity index (χ2n) is 3.18. The highest BCUT2D eigenvalue weighted by Gasteiger charge is 2.05. The van der Waals surface area contributed by atoms with E-state index in [0.717, 1.165) is 0 Å². The van der Waals surface area contributed by atoms with E-state index in [-0.39, 0.29) is 31.2 Å². The van der Waals surface area contributed by atoms with E-state index in [4.69, 9.17) is 10.5 Å². The lowest BCUT2D eigenvalue weighted by Crippen LogP contribution is -2.17. The maximum absolute atomic E-state index is 13.4. The number of rotatable bonds is 5. The summed E-state index contributed by atoms with van der Waals surface area (Å²) in [6, 6.07) is 4.60. The van der Waals surface area contributed by atoms with Gasteiger partial charge in [-0.05, 0) is 24.6 Å². The lowest BCUT2D eigenvalue weighted by Gasteiger charge is -2.08. The Kier molecular flexibility index (Phi) is 7.25. The summed E-state index contributed by atoms with van der Waals surface area (Å²) < 4.78 is 18.1. The van der Waals surface area contributed by atoms with Crippen LogP contribution in [0, 0.1) is 5.82 Å². The standard InChI is InChI=1S/C11H15FN2O2.ClH/c1-2-16-11(15)7-14-10-4-3-8(6-13)5-9(10)12;/h3-5,14H,2,6-7,13H2,1H3;1H. The van der Waals surface area contributed by atoms with Gasteiger partial charge in [0.15, 0.2) is 0 Å². The average Bonchev–Trinajstić information content (AvgIpc) is 2.27. The first-order valence-electron chi connectivity index (χ1n) is 5.05. The van der Waals surface area contributed by atoms with Crippen molar-refractivity contribution in [1.82, 2.24) is 0 Å². The third kappa shape index (κ3) is 5.01. The van der Waals surface area contributed by atoms with Gasteiger partial charge in [-0.3, -0.25) is 4.79 Å². The van der Waals surface area contributed by atoms with Crippen LogP contribution in [0.5, 0.6) is 0 Å². The molecule has 3 N–H and O–H groups in total. The van der Waals surface area contributed by atoms with Gasteiger partial charge in [0.1, 0.15) is 12.4 Å². The zero-order valence-electron chi connectivity index (χ0n) is 9.53. The summed E-state index contributed by atoms with van der Waals surface area (Å²) in [5.74, 6) is -0.836. The van der Waals surface area contributed by atoms with Gasteiger partial charge in [0.25, 0.3) is 0 Å². The lowest BCUT2D eigenvalue weighted by molar-refractivity contribution is -0.140. The summed E-state index contributed by atoms with van der Waals surface area (Å²) in [6.45, 7) is 2.27. The van der Waals surface area contributed by atoms with Gasteiger partial charge in [-0.15, -0.1) is 12.4 Å². The first kappa shape index (κ1) is 15.7. The normalized spacial score (nSPS) is 9.35.